The second-order valence-corrected chi connectivity index (χ2v) is 5.00. The van der Waals surface area contributed by atoms with E-state index in [4.69, 9.17) is 0 Å². The quantitative estimate of drug-likeness (QED) is 0.821. The van der Waals surface area contributed by atoms with Gasteiger partial charge in [-0.3, -0.25) is 4.79 Å². The van der Waals surface area contributed by atoms with Crippen molar-refractivity contribution in [2.75, 3.05) is 17.2 Å². The third kappa shape index (κ3) is 4.84. The minimum atomic E-state index is -0.189. The monoisotopic (exact) mass is 301 g/mol. The van der Waals surface area contributed by atoms with Gasteiger partial charge >= 0.3 is 0 Å². The molecule has 0 spiro atoms. The summed E-state index contributed by atoms with van der Waals surface area (Å²) in [5, 5.41) is 5.92. The Morgan fingerprint density at radius 3 is 2.73 bits per heavy atom. The molecule has 0 atom stereocenters. The Labute approximate surface area is 129 Å². The number of halogens is 1. The molecule has 0 bridgehead atoms. The SMILES string of the molecule is CCCC(=O)Nc1ccc(NCCc2ccccc2F)nc1. The highest BCUT2D eigenvalue weighted by Crippen LogP contribution is 2.11. The largest absolute Gasteiger partial charge is 0.370 e. The van der Waals surface area contributed by atoms with E-state index in [1.165, 1.54) is 6.07 Å². The predicted molar refractivity (Wildman–Crippen MR) is 86.4 cm³/mol. The van der Waals surface area contributed by atoms with Crippen molar-refractivity contribution in [1.82, 2.24) is 4.98 Å². The van der Waals surface area contributed by atoms with Gasteiger partial charge in [-0.2, -0.15) is 0 Å². The third-order valence-electron chi connectivity index (χ3n) is 3.18. The number of anilines is 2. The van der Waals surface area contributed by atoms with Crippen LogP contribution in [0.4, 0.5) is 15.9 Å². The summed E-state index contributed by atoms with van der Waals surface area (Å²) in [5.74, 6) is 0.501. The Bertz CT molecular complexity index is 614. The minimum absolute atomic E-state index is 0.00966. The first kappa shape index (κ1) is 15.9. The number of nitrogens with one attached hydrogen (secondary N) is 2. The van der Waals surface area contributed by atoms with Gasteiger partial charge in [0.2, 0.25) is 5.91 Å². The van der Waals surface area contributed by atoms with Crippen molar-refractivity contribution in [1.29, 1.82) is 0 Å². The van der Waals surface area contributed by atoms with Crippen LogP contribution >= 0.6 is 0 Å². The summed E-state index contributed by atoms with van der Waals surface area (Å²) in [6.45, 7) is 2.55. The topological polar surface area (TPSA) is 54.0 Å². The minimum Gasteiger partial charge on any atom is -0.370 e. The number of carbonyl (C=O) groups excluding carboxylic acids is 1. The molecule has 0 aliphatic rings. The van der Waals surface area contributed by atoms with Crippen LogP contribution in [-0.2, 0) is 11.2 Å². The van der Waals surface area contributed by atoms with Crippen LogP contribution in [0.25, 0.3) is 0 Å². The van der Waals surface area contributed by atoms with Gasteiger partial charge in [-0.15, -0.1) is 0 Å². The Hall–Kier alpha value is -2.43. The van der Waals surface area contributed by atoms with Gasteiger partial charge < -0.3 is 10.6 Å². The lowest BCUT2D eigenvalue weighted by Crippen LogP contribution is -2.11. The van der Waals surface area contributed by atoms with Gasteiger partial charge in [-0.1, -0.05) is 25.1 Å². The van der Waals surface area contributed by atoms with E-state index in [1.54, 1.807) is 30.5 Å². The Morgan fingerprint density at radius 2 is 2.05 bits per heavy atom. The predicted octanol–water partition coefficient (Wildman–Crippen LogP) is 3.61. The lowest BCUT2D eigenvalue weighted by molar-refractivity contribution is -0.116. The normalized spacial score (nSPS) is 10.3. The summed E-state index contributed by atoms with van der Waals surface area (Å²) >= 11 is 0. The Kier molecular flexibility index (Phi) is 5.89. The van der Waals surface area contributed by atoms with Gasteiger partial charge in [0.25, 0.3) is 0 Å². The van der Waals surface area contributed by atoms with Gasteiger partial charge in [-0.05, 0) is 36.6 Å². The van der Waals surface area contributed by atoms with Gasteiger partial charge in [0, 0.05) is 13.0 Å². The second kappa shape index (κ2) is 8.12. The first-order valence-electron chi connectivity index (χ1n) is 7.42. The summed E-state index contributed by atoms with van der Waals surface area (Å²) in [4.78, 5) is 15.7. The van der Waals surface area contributed by atoms with Gasteiger partial charge in [-0.25, -0.2) is 9.37 Å². The molecule has 0 aliphatic carbocycles. The van der Waals surface area contributed by atoms with E-state index < -0.39 is 0 Å². The Balaban J connectivity index is 1.81. The smallest absolute Gasteiger partial charge is 0.224 e. The first-order chi connectivity index (χ1) is 10.7. The molecule has 116 valence electrons. The van der Waals surface area contributed by atoms with Crippen LogP contribution in [0.3, 0.4) is 0 Å². The number of benzene rings is 1. The fourth-order valence-corrected chi connectivity index (χ4v) is 2.05. The molecule has 4 nitrogen and oxygen atoms in total. The number of nitrogens with zero attached hydrogens (tertiary/aromatic N) is 1. The van der Waals surface area contributed by atoms with Crippen LogP contribution in [0, 0.1) is 5.82 Å². The maximum Gasteiger partial charge on any atom is 0.224 e. The second-order valence-electron chi connectivity index (χ2n) is 5.00. The van der Waals surface area contributed by atoms with Crippen LogP contribution in [0.15, 0.2) is 42.6 Å². The van der Waals surface area contributed by atoms with E-state index in [9.17, 15) is 9.18 Å². The van der Waals surface area contributed by atoms with E-state index in [1.807, 2.05) is 13.0 Å². The number of carbonyl (C=O) groups is 1. The zero-order chi connectivity index (χ0) is 15.8. The zero-order valence-electron chi connectivity index (χ0n) is 12.6. The molecule has 2 N–H and O–H groups in total. The van der Waals surface area contributed by atoms with E-state index in [0.29, 0.717) is 36.5 Å². The molecule has 1 aromatic carbocycles. The molecule has 2 aromatic rings. The number of hydrogen-bond donors (Lipinski definition) is 2. The average Bonchev–Trinajstić information content (AvgIpc) is 2.51. The molecule has 0 radical (unpaired) electrons. The van der Waals surface area contributed by atoms with Crippen molar-refractivity contribution in [2.45, 2.75) is 26.2 Å². The highest BCUT2D eigenvalue weighted by molar-refractivity contribution is 5.90. The van der Waals surface area contributed by atoms with E-state index in [2.05, 4.69) is 15.6 Å². The van der Waals surface area contributed by atoms with Gasteiger partial charge in [0.15, 0.2) is 0 Å². The maximum absolute atomic E-state index is 13.5. The molecule has 1 aromatic heterocycles. The molecule has 1 heterocycles. The number of rotatable bonds is 7. The number of aromatic nitrogens is 1. The lowest BCUT2D eigenvalue weighted by Gasteiger charge is -2.08. The highest BCUT2D eigenvalue weighted by Gasteiger charge is 2.02. The first-order valence-corrected chi connectivity index (χ1v) is 7.42. The maximum atomic E-state index is 13.5. The summed E-state index contributed by atoms with van der Waals surface area (Å²) < 4.78 is 13.5. The van der Waals surface area contributed by atoms with Crippen molar-refractivity contribution in [2.24, 2.45) is 0 Å². The number of amides is 1. The molecule has 5 heteroatoms. The van der Waals surface area contributed by atoms with E-state index >= 15 is 0 Å². The van der Waals surface area contributed by atoms with Gasteiger partial charge in [0.1, 0.15) is 11.6 Å². The molecule has 22 heavy (non-hydrogen) atoms. The molecule has 1 amide bonds. The van der Waals surface area contributed by atoms with E-state index in [0.717, 1.165) is 6.42 Å². The third-order valence-corrected chi connectivity index (χ3v) is 3.18. The molecule has 2 rings (SSSR count). The van der Waals surface area contributed by atoms with Crippen LogP contribution in [0.1, 0.15) is 25.3 Å². The van der Waals surface area contributed by atoms with Crippen molar-refractivity contribution < 1.29 is 9.18 Å². The van der Waals surface area contributed by atoms with Crippen molar-refractivity contribution >= 4 is 17.4 Å². The molecule has 0 fully saturated rings. The molecule has 0 saturated carbocycles. The molecular formula is C17H20FN3O. The van der Waals surface area contributed by atoms with E-state index in [-0.39, 0.29) is 11.7 Å². The summed E-state index contributed by atoms with van der Waals surface area (Å²) in [5.41, 5.74) is 1.36. The highest BCUT2D eigenvalue weighted by atomic mass is 19.1. The fourth-order valence-electron chi connectivity index (χ4n) is 2.05. The van der Waals surface area contributed by atoms with Crippen LogP contribution < -0.4 is 10.6 Å². The number of pyridine rings is 1. The van der Waals surface area contributed by atoms with Crippen LogP contribution in [0.2, 0.25) is 0 Å². The van der Waals surface area contributed by atoms with Crippen molar-refractivity contribution in [3.05, 3.63) is 54.0 Å². The van der Waals surface area contributed by atoms with Gasteiger partial charge in [0.05, 0.1) is 11.9 Å². The Morgan fingerprint density at radius 1 is 1.23 bits per heavy atom. The number of hydrogen-bond acceptors (Lipinski definition) is 3. The van der Waals surface area contributed by atoms with Crippen LogP contribution in [-0.4, -0.2) is 17.4 Å². The average molecular weight is 301 g/mol. The molecular weight excluding hydrogens is 281 g/mol. The van der Waals surface area contributed by atoms with Crippen LogP contribution in [0.5, 0.6) is 0 Å². The lowest BCUT2D eigenvalue weighted by atomic mass is 10.1. The van der Waals surface area contributed by atoms with Crippen molar-refractivity contribution in [3.63, 3.8) is 0 Å². The standard InChI is InChI=1S/C17H20FN3O/c1-2-5-17(22)21-14-8-9-16(20-12-14)19-11-10-13-6-3-4-7-15(13)18/h3-4,6-9,12H,2,5,10-11H2,1H3,(H,19,20)(H,21,22). The zero-order valence-corrected chi connectivity index (χ0v) is 12.6. The molecule has 0 unspecified atom stereocenters. The molecule has 0 aliphatic heterocycles. The summed E-state index contributed by atoms with van der Waals surface area (Å²) in [6, 6.07) is 10.3. The summed E-state index contributed by atoms with van der Waals surface area (Å²) in [6.07, 6.45) is 3.51. The van der Waals surface area contributed by atoms with Crippen molar-refractivity contribution in [3.8, 4) is 0 Å². The fraction of sp³-hybridized carbons (Fsp3) is 0.294. The molecule has 0 saturated heterocycles. The summed E-state index contributed by atoms with van der Waals surface area (Å²) in [7, 11) is 0.